The first kappa shape index (κ1) is 29.1. The molecule has 1 aliphatic carbocycles. The van der Waals surface area contributed by atoms with E-state index in [1.54, 1.807) is 66.7 Å². The van der Waals surface area contributed by atoms with Gasteiger partial charge in [0.2, 0.25) is 11.8 Å². The minimum absolute atomic E-state index is 0.379. The number of nitrogens with one attached hydrogen (secondary N) is 2. The number of para-hydroxylation sites is 4. The van der Waals surface area contributed by atoms with Crippen LogP contribution in [-0.4, -0.2) is 49.6 Å². The fourth-order valence-electron chi connectivity index (χ4n) is 5.30. The summed E-state index contributed by atoms with van der Waals surface area (Å²) in [4.78, 5) is 41.3. The molecule has 0 heterocycles. The number of rotatable bonds is 8. The standard InChI is InChI=1S/C30H31BrN2O7/c1-30(37)16-21(34)26(28(35)32-19-9-5-7-11-23(19)39-3)25(17-13-14-22(38-2)18(31)15-17)27(30)29(36)33-20-10-6-8-12-24(20)40-4/h5-15,25-27,37H,16H2,1-4H3,(H,32,35)(H,33,36). The normalized spacial score (nSPS) is 22.2. The lowest BCUT2D eigenvalue weighted by molar-refractivity contribution is -0.150. The molecule has 4 rings (SSSR count). The van der Waals surface area contributed by atoms with Crippen LogP contribution in [0.25, 0.3) is 0 Å². The van der Waals surface area contributed by atoms with E-state index in [-0.39, 0.29) is 0 Å². The van der Waals surface area contributed by atoms with Crippen LogP contribution in [0.1, 0.15) is 24.8 Å². The predicted octanol–water partition coefficient (Wildman–Crippen LogP) is 4.79. The third kappa shape index (κ3) is 5.83. The quantitative estimate of drug-likeness (QED) is 0.313. The maximum absolute atomic E-state index is 14.0. The molecule has 0 saturated heterocycles. The molecule has 4 atom stereocenters. The van der Waals surface area contributed by atoms with Crippen LogP contribution < -0.4 is 24.8 Å². The Kier molecular flexibility index (Phi) is 8.80. The predicted molar refractivity (Wildman–Crippen MR) is 154 cm³/mol. The van der Waals surface area contributed by atoms with E-state index in [9.17, 15) is 19.5 Å². The zero-order valence-electron chi connectivity index (χ0n) is 22.6. The lowest BCUT2D eigenvalue weighted by Gasteiger charge is -2.44. The van der Waals surface area contributed by atoms with E-state index >= 15 is 0 Å². The van der Waals surface area contributed by atoms with E-state index < -0.39 is 47.4 Å². The summed E-state index contributed by atoms with van der Waals surface area (Å²) in [5, 5.41) is 17.2. The Labute approximate surface area is 241 Å². The fraction of sp³-hybridized carbons (Fsp3) is 0.300. The molecule has 3 N–H and O–H groups in total. The van der Waals surface area contributed by atoms with Crippen LogP contribution in [0.5, 0.6) is 17.2 Å². The first-order chi connectivity index (χ1) is 19.1. The molecule has 0 aromatic heterocycles. The first-order valence-electron chi connectivity index (χ1n) is 12.6. The zero-order chi connectivity index (χ0) is 29.0. The van der Waals surface area contributed by atoms with E-state index in [1.165, 1.54) is 28.3 Å². The van der Waals surface area contributed by atoms with Crippen LogP contribution in [0, 0.1) is 11.8 Å². The number of anilines is 2. The third-order valence-electron chi connectivity index (χ3n) is 7.12. The van der Waals surface area contributed by atoms with Crippen LogP contribution in [0.3, 0.4) is 0 Å². The van der Waals surface area contributed by atoms with Gasteiger partial charge >= 0.3 is 0 Å². The van der Waals surface area contributed by atoms with E-state index in [4.69, 9.17) is 14.2 Å². The smallest absolute Gasteiger partial charge is 0.235 e. The highest BCUT2D eigenvalue weighted by Crippen LogP contribution is 2.48. The highest BCUT2D eigenvalue weighted by atomic mass is 79.9. The van der Waals surface area contributed by atoms with Gasteiger partial charge in [0, 0.05) is 12.3 Å². The molecular weight excluding hydrogens is 580 g/mol. The number of aliphatic hydroxyl groups is 1. The average molecular weight is 611 g/mol. The number of hydrogen-bond donors (Lipinski definition) is 3. The topological polar surface area (TPSA) is 123 Å². The SMILES string of the molecule is COc1ccc(C2C(C(=O)Nc3ccccc3OC)C(=O)CC(C)(O)C2C(=O)Nc2ccccc2OC)cc1Br. The van der Waals surface area contributed by atoms with Crippen molar-refractivity contribution in [3.05, 3.63) is 76.8 Å². The molecule has 40 heavy (non-hydrogen) atoms. The van der Waals surface area contributed by atoms with Crippen molar-refractivity contribution in [2.75, 3.05) is 32.0 Å². The molecule has 1 aliphatic rings. The van der Waals surface area contributed by atoms with E-state index in [0.717, 1.165) is 0 Å². The van der Waals surface area contributed by atoms with Gasteiger partial charge in [-0.05, 0) is 64.8 Å². The van der Waals surface area contributed by atoms with Crippen LogP contribution in [0.4, 0.5) is 11.4 Å². The number of halogens is 1. The molecule has 2 amide bonds. The average Bonchev–Trinajstić information content (AvgIpc) is 2.92. The molecule has 0 bridgehead atoms. The maximum atomic E-state index is 14.0. The number of methoxy groups -OCH3 is 3. The fourth-order valence-corrected chi connectivity index (χ4v) is 5.86. The van der Waals surface area contributed by atoms with Gasteiger partial charge in [-0.3, -0.25) is 14.4 Å². The highest BCUT2D eigenvalue weighted by Gasteiger charge is 2.56. The summed E-state index contributed by atoms with van der Waals surface area (Å²) >= 11 is 3.47. The van der Waals surface area contributed by atoms with E-state index in [0.29, 0.717) is 38.7 Å². The third-order valence-corrected chi connectivity index (χ3v) is 7.74. The van der Waals surface area contributed by atoms with Crippen molar-refractivity contribution >= 4 is 44.9 Å². The molecule has 210 valence electrons. The van der Waals surface area contributed by atoms with Crippen molar-refractivity contribution in [1.82, 2.24) is 0 Å². The zero-order valence-corrected chi connectivity index (χ0v) is 24.2. The number of amides is 2. The second-order valence-corrected chi connectivity index (χ2v) is 10.6. The van der Waals surface area contributed by atoms with Crippen molar-refractivity contribution in [3.8, 4) is 17.2 Å². The summed E-state index contributed by atoms with van der Waals surface area (Å²) in [5.74, 6) is -3.80. The number of carbonyl (C=O) groups is 3. The molecule has 1 saturated carbocycles. The van der Waals surface area contributed by atoms with Crippen molar-refractivity contribution in [3.63, 3.8) is 0 Å². The Morgan fingerprint density at radius 3 is 1.90 bits per heavy atom. The van der Waals surface area contributed by atoms with E-state index in [1.807, 2.05) is 0 Å². The van der Waals surface area contributed by atoms with Gasteiger partial charge in [-0.15, -0.1) is 0 Å². The maximum Gasteiger partial charge on any atom is 0.235 e. The van der Waals surface area contributed by atoms with Crippen molar-refractivity contribution in [2.45, 2.75) is 24.9 Å². The molecule has 0 radical (unpaired) electrons. The monoisotopic (exact) mass is 610 g/mol. The summed E-state index contributed by atoms with van der Waals surface area (Å²) in [6, 6.07) is 18.8. The molecule has 3 aromatic rings. The van der Waals surface area contributed by atoms with Crippen LogP contribution in [0.15, 0.2) is 71.2 Å². The van der Waals surface area contributed by atoms with Crippen LogP contribution >= 0.6 is 15.9 Å². The van der Waals surface area contributed by atoms with Gasteiger partial charge in [-0.25, -0.2) is 0 Å². The minimum atomic E-state index is -1.76. The van der Waals surface area contributed by atoms with Gasteiger partial charge in [0.1, 0.15) is 28.9 Å². The van der Waals surface area contributed by atoms with Crippen molar-refractivity contribution in [1.29, 1.82) is 0 Å². The second-order valence-electron chi connectivity index (χ2n) is 9.75. The number of ketones is 1. The van der Waals surface area contributed by atoms with Gasteiger partial charge in [-0.2, -0.15) is 0 Å². The Hall–Kier alpha value is -3.89. The number of hydrogen-bond acceptors (Lipinski definition) is 7. The van der Waals surface area contributed by atoms with Crippen LogP contribution in [0.2, 0.25) is 0 Å². The molecule has 0 aliphatic heterocycles. The first-order valence-corrected chi connectivity index (χ1v) is 13.4. The highest BCUT2D eigenvalue weighted by molar-refractivity contribution is 9.10. The Morgan fingerprint density at radius 2 is 1.38 bits per heavy atom. The molecule has 1 fully saturated rings. The Balaban J connectivity index is 1.82. The summed E-state index contributed by atoms with van der Waals surface area (Å²) in [5.41, 5.74) is -0.486. The summed E-state index contributed by atoms with van der Waals surface area (Å²) in [6.45, 7) is 1.44. The molecule has 10 heteroatoms. The number of ether oxygens (including phenoxy) is 3. The van der Waals surface area contributed by atoms with Gasteiger partial charge in [0.25, 0.3) is 0 Å². The van der Waals surface area contributed by atoms with Crippen molar-refractivity contribution < 1.29 is 33.7 Å². The number of benzene rings is 3. The summed E-state index contributed by atoms with van der Waals surface area (Å²) < 4.78 is 16.7. The van der Waals surface area contributed by atoms with Gasteiger partial charge < -0.3 is 30.0 Å². The molecule has 0 spiro atoms. The van der Waals surface area contributed by atoms with Crippen LogP contribution in [-0.2, 0) is 14.4 Å². The van der Waals surface area contributed by atoms with Gasteiger partial charge in [0.05, 0.1) is 48.7 Å². The lowest BCUT2D eigenvalue weighted by Crippen LogP contribution is -2.56. The number of Topliss-reactive ketones (excluding diaryl/α,β-unsaturated/α-hetero) is 1. The second kappa shape index (κ2) is 12.1. The van der Waals surface area contributed by atoms with E-state index in [2.05, 4.69) is 26.6 Å². The summed E-state index contributed by atoms with van der Waals surface area (Å²) in [7, 11) is 4.47. The molecule has 9 nitrogen and oxygen atoms in total. The number of carbonyl (C=O) groups excluding carboxylic acids is 3. The summed E-state index contributed by atoms with van der Waals surface area (Å²) in [6.07, 6.45) is -0.394. The largest absolute Gasteiger partial charge is 0.496 e. The lowest BCUT2D eigenvalue weighted by atomic mass is 9.61. The molecular formula is C30H31BrN2O7. The molecule has 3 aromatic carbocycles. The Morgan fingerprint density at radius 1 is 0.850 bits per heavy atom. The van der Waals surface area contributed by atoms with Crippen molar-refractivity contribution in [2.24, 2.45) is 11.8 Å². The Bertz CT molecular complexity index is 1420. The molecule has 4 unspecified atom stereocenters. The minimum Gasteiger partial charge on any atom is -0.496 e. The van der Waals surface area contributed by atoms with Gasteiger partial charge in [-0.1, -0.05) is 30.3 Å². The van der Waals surface area contributed by atoms with Gasteiger partial charge in [0.15, 0.2) is 0 Å².